The zero-order valence-electron chi connectivity index (χ0n) is 17.2. The molecule has 5 rings (SSSR count). The summed E-state index contributed by atoms with van der Waals surface area (Å²) in [6.07, 6.45) is 7.40. The number of likely N-dealkylation sites (tertiary alicyclic amines) is 2. The van der Waals surface area contributed by atoms with E-state index in [1.165, 1.54) is 9.80 Å². The van der Waals surface area contributed by atoms with Crippen LogP contribution in [-0.4, -0.2) is 33.4 Å². The molecule has 0 spiro atoms. The van der Waals surface area contributed by atoms with E-state index in [9.17, 15) is 19.2 Å². The maximum Gasteiger partial charge on any atom is 0.233 e. The van der Waals surface area contributed by atoms with E-state index in [1.54, 1.807) is 0 Å². The van der Waals surface area contributed by atoms with Crippen molar-refractivity contribution in [2.75, 3.05) is 0 Å². The minimum Gasteiger partial charge on any atom is -0.278 e. The standard InChI is InChI=1S/C24H28N2O4/c27-21-17-5-1-2-6-18(17)22(28)25(21)13-15-9-11-16(12-10-15)14-26-23(29)19-7-3-4-8-20(19)24(26)30/h9-12,17-20H,1-8,13-14H2/t17-,18-,19-,20-/m1/s1. The second-order valence-electron chi connectivity index (χ2n) is 9.34. The number of amides is 4. The SMILES string of the molecule is O=C1[C@@H]2CCCC[C@H]2C(=O)N1Cc1ccc(CN2C(=O)[C@@H]3CCCC[C@H]3C2=O)cc1. The second-order valence-corrected chi connectivity index (χ2v) is 9.34. The summed E-state index contributed by atoms with van der Waals surface area (Å²) in [5, 5.41) is 0. The number of hydrogen-bond donors (Lipinski definition) is 0. The highest BCUT2D eigenvalue weighted by Crippen LogP contribution is 2.39. The Morgan fingerprint density at radius 3 is 1.07 bits per heavy atom. The first-order valence-electron chi connectivity index (χ1n) is 11.3. The maximum absolute atomic E-state index is 12.7. The van der Waals surface area contributed by atoms with Crippen LogP contribution in [0, 0.1) is 23.7 Å². The number of hydrogen-bond acceptors (Lipinski definition) is 4. The maximum atomic E-state index is 12.7. The summed E-state index contributed by atoms with van der Waals surface area (Å²) in [7, 11) is 0. The molecule has 158 valence electrons. The normalized spacial score (nSPS) is 31.3. The zero-order valence-corrected chi connectivity index (χ0v) is 17.2. The molecule has 0 aromatic heterocycles. The summed E-state index contributed by atoms with van der Waals surface area (Å²) in [5.41, 5.74) is 1.79. The first-order chi connectivity index (χ1) is 14.5. The molecule has 30 heavy (non-hydrogen) atoms. The van der Waals surface area contributed by atoms with E-state index in [1.807, 2.05) is 24.3 Å². The molecule has 2 aliphatic carbocycles. The molecular weight excluding hydrogens is 380 g/mol. The molecule has 4 atom stereocenters. The van der Waals surface area contributed by atoms with Crippen LogP contribution in [-0.2, 0) is 32.3 Å². The van der Waals surface area contributed by atoms with Gasteiger partial charge in [0.25, 0.3) is 0 Å². The average Bonchev–Trinajstić information content (AvgIpc) is 3.16. The van der Waals surface area contributed by atoms with Crippen molar-refractivity contribution in [2.24, 2.45) is 23.7 Å². The predicted molar refractivity (Wildman–Crippen MR) is 108 cm³/mol. The van der Waals surface area contributed by atoms with Gasteiger partial charge in [-0.25, -0.2) is 0 Å². The highest BCUT2D eigenvalue weighted by atomic mass is 16.2. The van der Waals surface area contributed by atoms with Crippen molar-refractivity contribution in [3.63, 3.8) is 0 Å². The van der Waals surface area contributed by atoms with Gasteiger partial charge in [-0.2, -0.15) is 0 Å². The van der Waals surface area contributed by atoms with Crippen LogP contribution in [0.1, 0.15) is 62.5 Å². The van der Waals surface area contributed by atoms with Crippen LogP contribution < -0.4 is 0 Å². The molecule has 2 heterocycles. The highest BCUT2D eigenvalue weighted by molar-refractivity contribution is 6.05. The largest absolute Gasteiger partial charge is 0.278 e. The molecule has 0 radical (unpaired) electrons. The van der Waals surface area contributed by atoms with Gasteiger partial charge in [0.1, 0.15) is 0 Å². The van der Waals surface area contributed by atoms with Gasteiger partial charge in [-0.3, -0.25) is 29.0 Å². The summed E-state index contributed by atoms with van der Waals surface area (Å²) in [6.45, 7) is 0.605. The molecule has 6 heteroatoms. The van der Waals surface area contributed by atoms with Gasteiger partial charge in [0.05, 0.1) is 36.8 Å². The van der Waals surface area contributed by atoms with Crippen LogP contribution in [0.3, 0.4) is 0 Å². The number of fused-ring (bicyclic) bond motifs is 2. The molecule has 0 bridgehead atoms. The van der Waals surface area contributed by atoms with E-state index in [4.69, 9.17) is 0 Å². The van der Waals surface area contributed by atoms with Gasteiger partial charge in [-0.05, 0) is 36.8 Å². The smallest absolute Gasteiger partial charge is 0.233 e. The van der Waals surface area contributed by atoms with E-state index < -0.39 is 0 Å². The number of carbonyl (C=O) groups is 4. The highest BCUT2D eigenvalue weighted by Gasteiger charge is 2.49. The van der Waals surface area contributed by atoms with E-state index in [-0.39, 0.29) is 47.3 Å². The fourth-order valence-corrected chi connectivity index (χ4v) is 5.89. The Morgan fingerprint density at radius 1 is 0.533 bits per heavy atom. The van der Waals surface area contributed by atoms with E-state index in [0.717, 1.165) is 62.5 Å². The van der Waals surface area contributed by atoms with Crippen LogP contribution in [0.2, 0.25) is 0 Å². The fraction of sp³-hybridized carbons (Fsp3) is 0.583. The summed E-state index contributed by atoms with van der Waals surface area (Å²) >= 11 is 0. The van der Waals surface area contributed by atoms with Crippen LogP contribution >= 0.6 is 0 Å². The lowest BCUT2D eigenvalue weighted by Crippen LogP contribution is -2.31. The van der Waals surface area contributed by atoms with Crippen molar-refractivity contribution in [1.82, 2.24) is 9.80 Å². The molecule has 4 aliphatic rings. The Labute approximate surface area is 176 Å². The summed E-state index contributed by atoms with van der Waals surface area (Å²) in [5.74, 6) is -0.589. The third kappa shape index (κ3) is 3.17. The van der Waals surface area contributed by atoms with E-state index >= 15 is 0 Å². The van der Waals surface area contributed by atoms with Gasteiger partial charge < -0.3 is 0 Å². The minimum absolute atomic E-state index is 0.0235. The molecule has 4 fully saturated rings. The van der Waals surface area contributed by atoms with Gasteiger partial charge in [0.15, 0.2) is 0 Å². The molecular formula is C24H28N2O4. The van der Waals surface area contributed by atoms with E-state index in [2.05, 4.69) is 0 Å². The Kier molecular flexibility index (Phi) is 4.95. The molecule has 0 unspecified atom stereocenters. The first kappa shape index (κ1) is 19.5. The van der Waals surface area contributed by atoms with Gasteiger partial charge in [0.2, 0.25) is 23.6 Å². The second kappa shape index (κ2) is 7.64. The Bertz CT molecular complexity index is 772. The van der Waals surface area contributed by atoms with Gasteiger partial charge in [-0.15, -0.1) is 0 Å². The monoisotopic (exact) mass is 408 g/mol. The van der Waals surface area contributed by atoms with Gasteiger partial charge in [0, 0.05) is 0 Å². The lowest BCUT2D eigenvalue weighted by Gasteiger charge is -2.19. The topological polar surface area (TPSA) is 74.8 Å². The molecule has 2 saturated heterocycles. The number of nitrogens with zero attached hydrogens (tertiary/aromatic N) is 2. The van der Waals surface area contributed by atoms with Crippen LogP contribution in [0.25, 0.3) is 0 Å². The quantitative estimate of drug-likeness (QED) is 0.718. The number of benzene rings is 1. The third-order valence-corrected chi connectivity index (χ3v) is 7.57. The Balaban J connectivity index is 1.25. The Morgan fingerprint density at radius 2 is 0.800 bits per heavy atom. The summed E-state index contributed by atoms with van der Waals surface area (Å²) in [4.78, 5) is 53.5. The number of imide groups is 2. The predicted octanol–water partition coefficient (Wildman–Crippen LogP) is 3.04. The molecule has 4 amide bonds. The molecule has 1 aromatic carbocycles. The zero-order chi connectivity index (χ0) is 20.8. The van der Waals surface area contributed by atoms with Crippen molar-refractivity contribution < 1.29 is 19.2 Å². The van der Waals surface area contributed by atoms with Crippen molar-refractivity contribution in [2.45, 2.75) is 64.5 Å². The lowest BCUT2D eigenvalue weighted by atomic mass is 9.81. The molecule has 6 nitrogen and oxygen atoms in total. The molecule has 2 aliphatic heterocycles. The van der Waals surface area contributed by atoms with Gasteiger partial charge in [-0.1, -0.05) is 49.9 Å². The lowest BCUT2D eigenvalue weighted by molar-refractivity contribution is -0.142. The summed E-state index contributed by atoms with van der Waals surface area (Å²) in [6, 6.07) is 7.60. The van der Waals surface area contributed by atoms with E-state index in [0.29, 0.717) is 13.1 Å². The molecule has 2 saturated carbocycles. The fourth-order valence-electron chi connectivity index (χ4n) is 5.89. The third-order valence-electron chi connectivity index (χ3n) is 7.57. The number of rotatable bonds is 4. The van der Waals surface area contributed by atoms with Crippen molar-refractivity contribution >= 4 is 23.6 Å². The van der Waals surface area contributed by atoms with Crippen molar-refractivity contribution in [3.8, 4) is 0 Å². The van der Waals surface area contributed by atoms with Crippen LogP contribution in [0.15, 0.2) is 24.3 Å². The van der Waals surface area contributed by atoms with Crippen molar-refractivity contribution in [3.05, 3.63) is 35.4 Å². The molecule has 1 aromatic rings. The first-order valence-corrected chi connectivity index (χ1v) is 11.3. The molecule has 0 N–H and O–H groups in total. The Hall–Kier alpha value is -2.50. The van der Waals surface area contributed by atoms with Crippen molar-refractivity contribution in [1.29, 1.82) is 0 Å². The van der Waals surface area contributed by atoms with Gasteiger partial charge >= 0.3 is 0 Å². The number of carbonyl (C=O) groups excluding carboxylic acids is 4. The minimum atomic E-state index is -0.124. The van der Waals surface area contributed by atoms with Crippen LogP contribution in [0.4, 0.5) is 0 Å². The average molecular weight is 408 g/mol. The van der Waals surface area contributed by atoms with Crippen LogP contribution in [0.5, 0.6) is 0 Å². The summed E-state index contributed by atoms with van der Waals surface area (Å²) < 4.78 is 0.